The number of amides is 2. The molecule has 1 saturated heterocycles. The Kier molecular flexibility index (Phi) is 5.57. The molecule has 2 unspecified atom stereocenters. The van der Waals surface area contributed by atoms with Crippen molar-refractivity contribution in [3.8, 4) is 0 Å². The van der Waals surface area contributed by atoms with Crippen LogP contribution in [0.3, 0.4) is 0 Å². The van der Waals surface area contributed by atoms with Crippen LogP contribution in [-0.2, 0) is 9.59 Å². The van der Waals surface area contributed by atoms with Crippen LogP contribution in [0, 0.1) is 17.8 Å². The van der Waals surface area contributed by atoms with Crippen molar-refractivity contribution in [1.29, 1.82) is 0 Å². The first-order valence-electron chi connectivity index (χ1n) is 8.31. The van der Waals surface area contributed by atoms with E-state index < -0.39 is 18.0 Å². The number of nitrogens with zero attached hydrogens (tertiary/aromatic N) is 1. The summed E-state index contributed by atoms with van der Waals surface area (Å²) >= 11 is 0. The summed E-state index contributed by atoms with van der Waals surface area (Å²) in [6.07, 6.45) is -1.16. The molecule has 1 saturated carbocycles. The van der Waals surface area contributed by atoms with Crippen molar-refractivity contribution in [2.45, 2.75) is 58.2 Å². The van der Waals surface area contributed by atoms with Gasteiger partial charge in [0.2, 0.25) is 11.8 Å². The van der Waals surface area contributed by atoms with Crippen LogP contribution >= 0.6 is 0 Å². The van der Waals surface area contributed by atoms with E-state index >= 15 is 0 Å². The SMILES string of the molecule is CC(=O)NC1CCC(C(=O)N2CCC(C)C(C(F)(F)F)C2)CC1. The van der Waals surface area contributed by atoms with E-state index in [1.165, 1.54) is 11.8 Å². The van der Waals surface area contributed by atoms with Crippen molar-refractivity contribution in [3.63, 3.8) is 0 Å². The fourth-order valence-corrected chi connectivity index (χ4v) is 3.73. The zero-order valence-electron chi connectivity index (χ0n) is 13.7. The molecule has 0 aromatic rings. The molecule has 0 spiro atoms. The normalized spacial score (nSPS) is 32.5. The summed E-state index contributed by atoms with van der Waals surface area (Å²) in [6.45, 7) is 3.27. The van der Waals surface area contributed by atoms with Gasteiger partial charge in [0, 0.05) is 32.0 Å². The predicted octanol–water partition coefficient (Wildman–Crippen LogP) is 2.73. The van der Waals surface area contributed by atoms with Crippen LogP contribution in [0.5, 0.6) is 0 Å². The van der Waals surface area contributed by atoms with Crippen LogP contribution in [-0.4, -0.2) is 42.0 Å². The molecule has 1 aliphatic carbocycles. The fourth-order valence-electron chi connectivity index (χ4n) is 3.73. The number of hydrogen-bond acceptors (Lipinski definition) is 2. The summed E-state index contributed by atoms with van der Waals surface area (Å²) < 4.78 is 39.2. The average Bonchev–Trinajstić information content (AvgIpc) is 2.46. The molecule has 0 aromatic carbocycles. The highest BCUT2D eigenvalue weighted by Crippen LogP contribution is 2.38. The standard InChI is InChI=1S/C16H25F3N2O2/c1-10-7-8-21(9-14(10)16(17,18)19)15(23)12-3-5-13(6-4-12)20-11(2)22/h10,12-14H,3-9H2,1-2H3,(H,20,22). The Balaban J connectivity index is 1.90. The molecule has 1 N–H and O–H groups in total. The third-order valence-corrected chi connectivity index (χ3v) is 5.17. The van der Waals surface area contributed by atoms with Gasteiger partial charge in [0.05, 0.1) is 5.92 Å². The second-order valence-electron chi connectivity index (χ2n) is 6.95. The third-order valence-electron chi connectivity index (χ3n) is 5.17. The van der Waals surface area contributed by atoms with E-state index in [2.05, 4.69) is 5.32 Å². The fraction of sp³-hybridized carbons (Fsp3) is 0.875. The van der Waals surface area contributed by atoms with E-state index in [1.807, 2.05) is 0 Å². The molecule has 0 aromatic heterocycles. The van der Waals surface area contributed by atoms with Crippen molar-refractivity contribution in [2.24, 2.45) is 17.8 Å². The molecule has 2 aliphatic rings. The van der Waals surface area contributed by atoms with Gasteiger partial charge in [0.15, 0.2) is 0 Å². The molecule has 4 nitrogen and oxygen atoms in total. The second kappa shape index (κ2) is 7.09. The third kappa shape index (κ3) is 4.61. The molecule has 2 rings (SSSR count). The highest BCUT2D eigenvalue weighted by atomic mass is 19.4. The average molecular weight is 334 g/mol. The number of piperidine rings is 1. The summed E-state index contributed by atoms with van der Waals surface area (Å²) in [4.78, 5) is 25.0. The number of halogens is 3. The highest BCUT2D eigenvalue weighted by Gasteiger charge is 2.47. The molecular weight excluding hydrogens is 309 g/mol. The molecule has 0 radical (unpaired) electrons. The molecule has 1 aliphatic heterocycles. The summed E-state index contributed by atoms with van der Waals surface area (Å²) in [5.41, 5.74) is 0. The van der Waals surface area contributed by atoms with Crippen LogP contribution in [0.2, 0.25) is 0 Å². The van der Waals surface area contributed by atoms with Gasteiger partial charge < -0.3 is 10.2 Å². The van der Waals surface area contributed by atoms with Gasteiger partial charge in [-0.2, -0.15) is 13.2 Å². The van der Waals surface area contributed by atoms with Crippen LogP contribution < -0.4 is 5.32 Å². The number of rotatable bonds is 2. The van der Waals surface area contributed by atoms with Gasteiger partial charge >= 0.3 is 6.18 Å². The van der Waals surface area contributed by atoms with Gasteiger partial charge in [-0.05, 0) is 38.0 Å². The van der Waals surface area contributed by atoms with Crippen LogP contribution in [0.4, 0.5) is 13.2 Å². The molecule has 2 atom stereocenters. The van der Waals surface area contributed by atoms with E-state index in [4.69, 9.17) is 0 Å². The van der Waals surface area contributed by atoms with Gasteiger partial charge in [-0.1, -0.05) is 6.92 Å². The van der Waals surface area contributed by atoms with E-state index in [-0.39, 0.29) is 30.3 Å². The maximum absolute atomic E-state index is 13.1. The summed E-state index contributed by atoms with van der Waals surface area (Å²) in [5, 5.41) is 2.84. The molecule has 2 fully saturated rings. The maximum atomic E-state index is 13.1. The van der Waals surface area contributed by atoms with Crippen molar-refractivity contribution >= 4 is 11.8 Å². The first kappa shape index (κ1) is 18.1. The summed E-state index contributed by atoms with van der Waals surface area (Å²) in [5.74, 6) is -2.29. The number of likely N-dealkylation sites (tertiary alicyclic amines) is 1. The van der Waals surface area contributed by atoms with Crippen LogP contribution in [0.25, 0.3) is 0 Å². The topological polar surface area (TPSA) is 49.4 Å². The summed E-state index contributed by atoms with van der Waals surface area (Å²) in [6, 6.07) is 0.0841. The molecule has 2 amide bonds. The Bertz CT molecular complexity index is 445. The van der Waals surface area contributed by atoms with E-state index in [1.54, 1.807) is 6.92 Å². The Morgan fingerprint density at radius 1 is 1.09 bits per heavy atom. The molecular formula is C16H25F3N2O2. The zero-order valence-corrected chi connectivity index (χ0v) is 13.7. The molecule has 23 heavy (non-hydrogen) atoms. The zero-order chi connectivity index (χ0) is 17.2. The van der Waals surface area contributed by atoms with Gasteiger partial charge in [-0.3, -0.25) is 9.59 Å². The number of carbonyl (C=O) groups excluding carboxylic acids is 2. The lowest BCUT2D eigenvalue weighted by Gasteiger charge is -2.40. The predicted molar refractivity (Wildman–Crippen MR) is 79.5 cm³/mol. The largest absolute Gasteiger partial charge is 0.393 e. The lowest BCUT2D eigenvalue weighted by atomic mass is 9.82. The lowest BCUT2D eigenvalue weighted by molar-refractivity contribution is -0.201. The first-order valence-corrected chi connectivity index (χ1v) is 8.31. The Hall–Kier alpha value is -1.27. The first-order chi connectivity index (χ1) is 10.7. The Morgan fingerprint density at radius 2 is 1.70 bits per heavy atom. The van der Waals surface area contributed by atoms with Crippen molar-refractivity contribution < 1.29 is 22.8 Å². The monoisotopic (exact) mass is 334 g/mol. The molecule has 7 heteroatoms. The minimum absolute atomic E-state index is 0.0841. The number of nitrogens with one attached hydrogen (secondary N) is 1. The van der Waals surface area contributed by atoms with E-state index in [0.717, 1.165) is 0 Å². The Labute approximate surface area is 134 Å². The van der Waals surface area contributed by atoms with Gasteiger partial charge in [-0.15, -0.1) is 0 Å². The van der Waals surface area contributed by atoms with E-state index in [9.17, 15) is 22.8 Å². The van der Waals surface area contributed by atoms with Crippen LogP contribution in [0.1, 0.15) is 46.0 Å². The minimum atomic E-state index is -4.25. The van der Waals surface area contributed by atoms with Crippen molar-refractivity contribution in [1.82, 2.24) is 10.2 Å². The van der Waals surface area contributed by atoms with E-state index in [0.29, 0.717) is 38.6 Å². The maximum Gasteiger partial charge on any atom is 0.393 e. The highest BCUT2D eigenvalue weighted by molar-refractivity contribution is 5.79. The van der Waals surface area contributed by atoms with Crippen LogP contribution in [0.15, 0.2) is 0 Å². The number of hydrogen-bond donors (Lipinski definition) is 1. The Morgan fingerprint density at radius 3 is 2.22 bits per heavy atom. The van der Waals surface area contributed by atoms with Gasteiger partial charge in [0.25, 0.3) is 0 Å². The van der Waals surface area contributed by atoms with Crippen molar-refractivity contribution in [3.05, 3.63) is 0 Å². The quantitative estimate of drug-likeness (QED) is 0.844. The molecule has 0 bridgehead atoms. The minimum Gasteiger partial charge on any atom is -0.354 e. The summed E-state index contributed by atoms with van der Waals surface area (Å²) in [7, 11) is 0. The molecule has 1 heterocycles. The van der Waals surface area contributed by atoms with Crippen molar-refractivity contribution in [2.75, 3.05) is 13.1 Å². The van der Waals surface area contributed by atoms with Gasteiger partial charge in [-0.25, -0.2) is 0 Å². The second-order valence-corrected chi connectivity index (χ2v) is 6.95. The number of carbonyl (C=O) groups is 2. The number of alkyl halides is 3. The molecule has 132 valence electrons. The van der Waals surface area contributed by atoms with Gasteiger partial charge in [0.1, 0.15) is 0 Å². The smallest absolute Gasteiger partial charge is 0.354 e. The lowest BCUT2D eigenvalue weighted by Crippen LogP contribution is -2.50.